The number of rotatable bonds is 2. The summed E-state index contributed by atoms with van der Waals surface area (Å²) in [4.78, 5) is 0.106. The first-order valence-corrected chi connectivity index (χ1v) is 5.12. The summed E-state index contributed by atoms with van der Waals surface area (Å²) in [5.41, 5.74) is 0. The molecule has 0 amide bonds. The number of halogens is 1. The van der Waals surface area contributed by atoms with Crippen LogP contribution in [0, 0.1) is 0 Å². The third-order valence-corrected chi connectivity index (χ3v) is 3.31. The molecule has 0 aliphatic carbocycles. The number of hydrogen-bond donors (Lipinski definition) is 1. The van der Waals surface area contributed by atoms with E-state index in [1.54, 1.807) is 12.1 Å². The Labute approximate surface area is 76.4 Å². The summed E-state index contributed by atoms with van der Waals surface area (Å²) < 4.78 is 24.6. The van der Waals surface area contributed by atoms with Gasteiger partial charge in [0, 0.05) is 0 Å². The van der Waals surface area contributed by atoms with Crippen LogP contribution >= 0.6 is 11.6 Å². The van der Waals surface area contributed by atoms with Crippen LogP contribution in [0.1, 0.15) is 0 Å². The summed E-state index contributed by atoms with van der Waals surface area (Å²) in [5, 5.41) is 0.229. The van der Waals surface area contributed by atoms with E-state index in [4.69, 9.17) is 11.6 Å². The summed E-state index contributed by atoms with van der Waals surface area (Å²) in [6.07, 6.45) is 0. The van der Waals surface area contributed by atoms with E-state index >= 15 is 0 Å². The van der Waals surface area contributed by atoms with Gasteiger partial charge in [-0.2, -0.15) is 0 Å². The molecule has 0 saturated carbocycles. The van der Waals surface area contributed by atoms with E-state index in [1.165, 1.54) is 19.2 Å². The van der Waals surface area contributed by atoms with Crippen molar-refractivity contribution in [3.8, 4) is 0 Å². The van der Waals surface area contributed by atoms with Crippen LogP contribution in [0.15, 0.2) is 29.2 Å². The van der Waals surface area contributed by atoms with Crippen LogP contribution in [-0.4, -0.2) is 15.5 Å². The van der Waals surface area contributed by atoms with Gasteiger partial charge >= 0.3 is 0 Å². The summed E-state index contributed by atoms with van der Waals surface area (Å²) in [6.45, 7) is 0. The lowest BCUT2D eigenvalue weighted by molar-refractivity contribution is 0.588. The van der Waals surface area contributed by atoms with Gasteiger partial charge < -0.3 is 0 Å². The van der Waals surface area contributed by atoms with Gasteiger partial charge in [0.1, 0.15) is 4.90 Å². The summed E-state index contributed by atoms with van der Waals surface area (Å²) in [6, 6.07) is 6.28. The van der Waals surface area contributed by atoms with Crippen molar-refractivity contribution in [2.45, 2.75) is 4.90 Å². The molecule has 0 bridgehead atoms. The van der Waals surface area contributed by atoms with Gasteiger partial charge in [0.05, 0.1) is 5.02 Å². The second-order valence-electron chi connectivity index (χ2n) is 2.14. The Kier molecular flexibility index (Phi) is 2.72. The van der Waals surface area contributed by atoms with Crippen molar-refractivity contribution in [2.75, 3.05) is 7.05 Å². The molecule has 0 saturated heterocycles. The standard InChI is InChI=1S/C7H8ClNO2S/c1-9-12(10,11)7-5-3-2-4-6(7)8/h2-5,9H,1H3. The average Bonchev–Trinajstić information content (AvgIpc) is 2.05. The Balaban J connectivity index is 3.30. The minimum Gasteiger partial charge on any atom is -0.214 e. The van der Waals surface area contributed by atoms with Gasteiger partial charge in [0.15, 0.2) is 0 Å². The van der Waals surface area contributed by atoms with Crippen LogP contribution in [0.25, 0.3) is 0 Å². The van der Waals surface area contributed by atoms with Gasteiger partial charge in [-0.3, -0.25) is 0 Å². The molecule has 0 heterocycles. The van der Waals surface area contributed by atoms with Crippen LogP contribution in [-0.2, 0) is 10.0 Å². The molecule has 0 aliphatic heterocycles. The maximum Gasteiger partial charge on any atom is 0.241 e. The second kappa shape index (κ2) is 3.43. The van der Waals surface area contributed by atoms with Crippen LogP contribution in [0.3, 0.4) is 0 Å². The summed E-state index contributed by atoms with van der Waals surface area (Å²) in [5.74, 6) is 0. The normalized spacial score (nSPS) is 11.5. The van der Waals surface area contributed by atoms with E-state index in [9.17, 15) is 8.42 Å². The molecule has 1 N–H and O–H groups in total. The Hall–Kier alpha value is -0.580. The molecular formula is C7H8ClNO2S. The second-order valence-corrected chi connectivity index (χ2v) is 4.40. The monoisotopic (exact) mass is 205 g/mol. The molecule has 0 radical (unpaired) electrons. The summed E-state index contributed by atoms with van der Waals surface area (Å²) >= 11 is 5.67. The van der Waals surface area contributed by atoms with Crippen LogP contribution < -0.4 is 4.72 Å². The lowest BCUT2D eigenvalue weighted by atomic mass is 10.4. The van der Waals surface area contributed by atoms with E-state index in [-0.39, 0.29) is 9.92 Å². The molecule has 1 aromatic rings. The van der Waals surface area contributed by atoms with Crippen molar-refractivity contribution < 1.29 is 8.42 Å². The van der Waals surface area contributed by atoms with Crippen molar-refractivity contribution in [1.82, 2.24) is 4.72 Å². The van der Waals surface area contributed by atoms with Gasteiger partial charge in [0.25, 0.3) is 0 Å². The van der Waals surface area contributed by atoms with E-state index in [2.05, 4.69) is 4.72 Å². The molecule has 0 aliphatic rings. The zero-order valence-electron chi connectivity index (χ0n) is 6.41. The Morgan fingerprint density at radius 3 is 2.42 bits per heavy atom. The largest absolute Gasteiger partial charge is 0.241 e. The molecule has 0 spiro atoms. The molecule has 12 heavy (non-hydrogen) atoms. The maximum atomic E-state index is 11.2. The van der Waals surface area contributed by atoms with Crippen LogP contribution in [0.4, 0.5) is 0 Å². The molecular weight excluding hydrogens is 198 g/mol. The predicted molar refractivity (Wildman–Crippen MR) is 47.7 cm³/mol. The highest BCUT2D eigenvalue weighted by Crippen LogP contribution is 2.19. The SMILES string of the molecule is CNS(=O)(=O)c1ccccc1Cl. The Morgan fingerprint density at radius 1 is 1.33 bits per heavy atom. The molecule has 0 aromatic heterocycles. The Morgan fingerprint density at radius 2 is 1.92 bits per heavy atom. The van der Waals surface area contributed by atoms with Crippen molar-refractivity contribution in [3.05, 3.63) is 29.3 Å². The highest BCUT2D eigenvalue weighted by atomic mass is 35.5. The lowest BCUT2D eigenvalue weighted by Crippen LogP contribution is -2.18. The highest BCUT2D eigenvalue weighted by molar-refractivity contribution is 7.89. The predicted octanol–water partition coefficient (Wildman–Crippen LogP) is 1.25. The molecule has 66 valence electrons. The van der Waals surface area contributed by atoms with Crippen molar-refractivity contribution >= 4 is 21.6 Å². The maximum absolute atomic E-state index is 11.2. The number of sulfonamides is 1. The molecule has 3 nitrogen and oxygen atoms in total. The highest BCUT2D eigenvalue weighted by Gasteiger charge is 2.13. The molecule has 1 aromatic carbocycles. The zero-order chi connectivity index (χ0) is 9.19. The quantitative estimate of drug-likeness (QED) is 0.790. The lowest BCUT2D eigenvalue weighted by Gasteiger charge is -2.02. The smallest absolute Gasteiger partial charge is 0.214 e. The molecule has 0 atom stereocenters. The average molecular weight is 206 g/mol. The van der Waals surface area contributed by atoms with Gasteiger partial charge in [-0.1, -0.05) is 23.7 Å². The van der Waals surface area contributed by atoms with Gasteiger partial charge in [0.2, 0.25) is 10.0 Å². The number of benzene rings is 1. The third kappa shape index (κ3) is 1.77. The summed E-state index contributed by atoms with van der Waals surface area (Å²) in [7, 11) is -2.06. The third-order valence-electron chi connectivity index (χ3n) is 1.39. The van der Waals surface area contributed by atoms with Crippen LogP contribution in [0.5, 0.6) is 0 Å². The first kappa shape index (κ1) is 9.51. The number of hydrogen-bond acceptors (Lipinski definition) is 2. The minimum absolute atomic E-state index is 0.106. The molecule has 1 rings (SSSR count). The van der Waals surface area contributed by atoms with Crippen molar-refractivity contribution in [2.24, 2.45) is 0 Å². The molecule has 0 unspecified atom stereocenters. The van der Waals surface area contributed by atoms with E-state index in [1.807, 2.05) is 0 Å². The van der Waals surface area contributed by atoms with E-state index < -0.39 is 10.0 Å². The number of nitrogens with one attached hydrogen (secondary N) is 1. The van der Waals surface area contributed by atoms with Gasteiger partial charge in [-0.25, -0.2) is 13.1 Å². The topological polar surface area (TPSA) is 46.2 Å². The Bertz CT molecular complexity index is 375. The zero-order valence-corrected chi connectivity index (χ0v) is 7.98. The molecule has 5 heteroatoms. The van der Waals surface area contributed by atoms with Crippen molar-refractivity contribution in [1.29, 1.82) is 0 Å². The first-order chi connectivity index (χ1) is 5.58. The van der Waals surface area contributed by atoms with E-state index in [0.717, 1.165) is 0 Å². The van der Waals surface area contributed by atoms with Crippen LogP contribution in [0.2, 0.25) is 5.02 Å². The fourth-order valence-corrected chi connectivity index (χ4v) is 2.02. The molecule has 0 fully saturated rings. The van der Waals surface area contributed by atoms with Gasteiger partial charge in [-0.15, -0.1) is 0 Å². The van der Waals surface area contributed by atoms with Crippen molar-refractivity contribution in [3.63, 3.8) is 0 Å². The fraction of sp³-hybridized carbons (Fsp3) is 0.143. The minimum atomic E-state index is -3.41. The van der Waals surface area contributed by atoms with Gasteiger partial charge in [-0.05, 0) is 19.2 Å². The van der Waals surface area contributed by atoms with E-state index in [0.29, 0.717) is 0 Å². The first-order valence-electron chi connectivity index (χ1n) is 3.26. The fourth-order valence-electron chi connectivity index (χ4n) is 0.773.